The molecule has 0 aliphatic carbocycles. The Morgan fingerprint density at radius 2 is 1.95 bits per heavy atom. The van der Waals surface area contributed by atoms with E-state index in [0.717, 1.165) is 11.3 Å². The highest BCUT2D eigenvalue weighted by Crippen LogP contribution is 2.22. The van der Waals surface area contributed by atoms with Crippen molar-refractivity contribution in [1.82, 2.24) is 4.90 Å². The van der Waals surface area contributed by atoms with E-state index in [1.54, 1.807) is 19.1 Å². The van der Waals surface area contributed by atoms with Gasteiger partial charge in [-0.25, -0.2) is 0 Å². The lowest BCUT2D eigenvalue weighted by molar-refractivity contribution is -0.134. The molecule has 1 aromatic carbocycles. The Kier molecular flexibility index (Phi) is 4.95. The third kappa shape index (κ3) is 3.96. The van der Waals surface area contributed by atoms with Gasteiger partial charge < -0.3 is 15.4 Å². The molecule has 0 spiro atoms. The molecule has 4 heteroatoms. The predicted octanol–water partition coefficient (Wildman–Crippen LogP) is 2.03. The van der Waals surface area contributed by atoms with Crippen molar-refractivity contribution >= 4 is 5.91 Å². The van der Waals surface area contributed by atoms with Crippen LogP contribution in [0.4, 0.5) is 0 Å². The number of ether oxygens (including phenoxy) is 1. The average Bonchev–Trinajstić information content (AvgIpc) is 2.36. The van der Waals surface area contributed by atoms with E-state index in [-0.39, 0.29) is 11.3 Å². The van der Waals surface area contributed by atoms with Gasteiger partial charge in [-0.05, 0) is 11.5 Å². The van der Waals surface area contributed by atoms with Crippen molar-refractivity contribution < 1.29 is 9.53 Å². The quantitative estimate of drug-likeness (QED) is 0.905. The van der Waals surface area contributed by atoms with E-state index in [1.165, 1.54) is 0 Å². The van der Waals surface area contributed by atoms with Crippen molar-refractivity contribution in [3.63, 3.8) is 0 Å². The van der Waals surface area contributed by atoms with E-state index in [4.69, 9.17) is 10.5 Å². The van der Waals surface area contributed by atoms with Gasteiger partial charge >= 0.3 is 0 Å². The first-order valence-electron chi connectivity index (χ1n) is 6.40. The molecule has 0 fully saturated rings. The molecule has 106 valence electrons. The van der Waals surface area contributed by atoms with Crippen LogP contribution >= 0.6 is 0 Å². The van der Waals surface area contributed by atoms with E-state index >= 15 is 0 Å². The molecule has 0 saturated carbocycles. The van der Waals surface area contributed by atoms with Gasteiger partial charge in [-0.2, -0.15) is 0 Å². The molecular weight excluding hydrogens is 240 g/mol. The Morgan fingerprint density at radius 1 is 1.37 bits per heavy atom. The van der Waals surface area contributed by atoms with Crippen LogP contribution in [-0.4, -0.2) is 31.0 Å². The minimum Gasteiger partial charge on any atom is -0.496 e. The summed E-state index contributed by atoms with van der Waals surface area (Å²) in [7, 11) is 3.39. The van der Waals surface area contributed by atoms with Gasteiger partial charge in [-0.1, -0.05) is 39.0 Å². The van der Waals surface area contributed by atoms with Crippen LogP contribution in [0, 0.1) is 5.41 Å². The molecule has 0 bridgehead atoms. The maximum Gasteiger partial charge on any atom is 0.240 e. The molecule has 2 N–H and O–H groups in total. The fourth-order valence-corrected chi connectivity index (χ4v) is 1.77. The first kappa shape index (κ1) is 15.5. The number of benzene rings is 1. The summed E-state index contributed by atoms with van der Waals surface area (Å²) < 4.78 is 5.28. The van der Waals surface area contributed by atoms with Crippen LogP contribution in [-0.2, 0) is 11.3 Å². The monoisotopic (exact) mass is 264 g/mol. The molecule has 1 unspecified atom stereocenters. The number of amides is 1. The van der Waals surface area contributed by atoms with Gasteiger partial charge in [-0.3, -0.25) is 4.79 Å². The lowest BCUT2D eigenvalue weighted by atomic mass is 9.86. The van der Waals surface area contributed by atoms with Gasteiger partial charge in [0.25, 0.3) is 0 Å². The molecule has 1 rings (SSSR count). The fraction of sp³-hybridized carbons (Fsp3) is 0.533. The van der Waals surface area contributed by atoms with Crippen molar-refractivity contribution in [3.05, 3.63) is 29.8 Å². The van der Waals surface area contributed by atoms with E-state index in [1.807, 2.05) is 45.0 Å². The van der Waals surface area contributed by atoms with E-state index < -0.39 is 6.04 Å². The van der Waals surface area contributed by atoms with E-state index in [9.17, 15) is 4.79 Å². The maximum atomic E-state index is 12.3. The Morgan fingerprint density at radius 3 is 2.47 bits per heavy atom. The Labute approximate surface area is 115 Å². The summed E-state index contributed by atoms with van der Waals surface area (Å²) in [6.45, 7) is 6.39. The number of nitrogens with zero attached hydrogens (tertiary/aromatic N) is 1. The van der Waals surface area contributed by atoms with Crippen LogP contribution in [0.1, 0.15) is 26.3 Å². The van der Waals surface area contributed by atoms with E-state index in [2.05, 4.69) is 0 Å². The van der Waals surface area contributed by atoms with Crippen molar-refractivity contribution in [1.29, 1.82) is 0 Å². The molecule has 1 atom stereocenters. The van der Waals surface area contributed by atoms with Gasteiger partial charge in [0, 0.05) is 19.2 Å². The van der Waals surface area contributed by atoms with Crippen LogP contribution in [0.15, 0.2) is 24.3 Å². The van der Waals surface area contributed by atoms with Crippen molar-refractivity contribution in [2.24, 2.45) is 11.1 Å². The average molecular weight is 264 g/mol. The predicted molar refractivity (Wildman–Crippen MR) is 76.9 cm³/mol. The molecule has 4 nitrogen and oxygen atoms in total. The van der Waals surface area contributed by atoms with Crippen LogP contribution in [0.25, 0.3) is 0 Å². The zero-order valence-corrected chi connectivity index (χ0v) is 12.4. The third-order valence-corrected chi connectivity index (χ3v) is 3.18. The second-order valence-electron chi connectivity index (χ2n) is 5.85. The highest BCUT2D eigenvalue weighted by atomic mass is 16.5. The molecule has 0 saturated heterocycles. The minimum atomic E-state index is -0.507. The zero-order valence-electron chi connectivity index (χ0n) is 12.4. The number of rotatable bonds is 4. The van der Waals surface area contributed by atoms with Crippen LogP contribution in [0.5, 0.6) is 5.75 Å². The van der Waals surface area contributed by atoms with E-state index in [0.29, 0.717) is 6.54 Å². The van der Waals surface area contributed by atoms with Crippen LogP contribution in [0.3, 0.4) is 0 Å². The van der Waals surface area contributed by atoms with Crippen molar-refractivity contribution in [3.8, 4) is 5.75 Å². The number of hydrogen-bond donors (Lipinski definition) is 1. The lowest BCUT2D eigenvalue weighted by Gasteiger charge is -2.30. The summed E-state index contributed by atoms with van der Waals surface area (Å²) in [5.41, 5.74) is 6.73. The topological polar surface area (TPSA) is 55.6 Å². The molecule has 0 aliphatic rings. The molecule has 0 aromatic heterocycles. The third-order valence-electron chi connectivity index (χ3n) is 3.18. The largest absolute Gasteiger partial charge is 0.496 e. The molecule has 0 aliphatic heterocycles. The molecular formula is C15H24N2O2. The summed E-state index contributed by atoms with van der Waals surface area (Å²) in [5.74, 6) is 0.727. The Bertz CT molecular complexity index is 438. The first-order valence-corrected chi connectivity index (χ1v) is 6.40. The summed E-state index contributed by atoms with van der Waals surface area (Å²) >= 11 is 0. The Hall–Kier alpha value is -1.55. The standard InChI is InChI=1S/C15H24N2O2/c1-15(2,3)13(16)14(18)17(4)10-11-8-6-7-9-12(11)19-5/h6-9,13H,10,16H2,1-5H3. The summed E-state index contributed by atoms with van der Waals surface area (Å²) in [6, 6.07) is 7.17. The zero-order chi connectivity index (χ0) is 14.6. The van der Waals surface area contributed by atoms with Crippen LogP contribution < -0.4 is 10.5 Å². The number of para-hydroxylation sites is 1. The molecule has 1 aromatic rings. The SMILES string of the molecule is COc1ccccc1CN(C)C(=O)C(N)C(C)(C)C. The first-order chi connectivity index (χ1) is 8.77. The van der Waals surface area contributed by atoms with Crippen molar-refractivity contribution in [2.45, 2.75) is 33.4 Å². The van der Waals surface area contributed by atoms with Crippen molar-refractivity contribution in [2.75, 3.05) is 14.2 Å². The maximum absolute atomic E-state index is 12.3. The molecule has 0 heterocycles. The van der Waals surface area contributed by atoms with Gasteiger partial charge in [0.15, 0.2) is 0 Å². The fourth-order valence-electron chi connectivity index (χ4n) is 1.77. The number of carbonyl (C=O) groups is 1. The summed E-state index contributed by atoms with van der Waals surface area (Å²) in [6.07, 6.45) is 0. The highest BCUT2D eigenvalue weighted by Gasteiger charge is 2.29. The minimum absolute atomic E-state index is 0.0570. The second-order valence-corrected chi connectivity index (χ2v) is 5.85. The smallest absolute Gasteiger partial charge is 0.240 e. The number of nitrogens with two attached hydrogens (primary N) is 1. The molecule has 1 amide bonds. The van der Waals surface area contributed by atoms with Gasteiger partial charge in [0.1, 0.15) is 5.75 Å². The summed E-state index contributed by atoms with van der Waals surface area (Å²) in [4.78, 5) is 13.9. The lowest BCUT2D eigenvalue weighted by Crippen LogP contribution is -2.48. The number of likely N-dealkylation sites (N-methyl/N-ethyl adjacent to an activating group) is 1. The summed E-state index contributed by atoms with van der Waals surface area (Å²) in [5, 5.41) is 0. The second kappa shape index (κ2) is 6.06. The van der Waals surface area contributed by atoms with Gasteiger partial charge in [0.05, 0.1) is 13.2 Å². The Balaban J connectivity index is 2.80. The molecule has 0 radical (unpaired) electrons. The number of hydrogen-bond acceptors (Lipinski definition) is 3. The number of carbonyl (C=O) groups excluding carboxylic acids is 1. The normalized spacial score (nSPS) is 12.9. The van der Waals surface area contributed by atoms with Gasteiger partial charge in [-0.15, -0.1) is 0 Å². The molecule has 19 heavy (non-hydrogen) atoms. The number of methoxy groups -OCH3 is 1. The highest BCUT2D eigenvalue weighted by molar-refractivity contribution is 5.82. The van der Waals surface area contributed by atoms with Crippen LogP contribution in [0.2, 0.25) is 0 Å². The van der Waals surface area contributed by atoms with Gasteiger partial charge in [0.2, 0.25) is 5.91 Å².